The fraction of sp³-hybridized carbons (Fsp3) is 1.00. The molecule has 1 saturated carbocycles. The molecular formula is C9H12F2O2. The zero-order valence-electron chi connectivity index (χ0n) is 7.21. The summed E-state index contributed by atoms with van der Waals surface area (Å²) in [4.78, 5) is 0. The third-order valence-corrected chi connectivity index (χ3v) is 3.65. The molecule has 0 aromatic rings. The first kappa shape index (κ1) is 8.12. The van der Waals surface area contributed by atoms with Crippen LogP contribution in [0, 0.1) is 11.3 Å². The average molecular weight is 190 g/mol. The first-order valence-corrected chi connectivity index (χ1v) is 4.73. The highest BCUT2D eigenvalue weighted by molar-refractivity contribution is 5.06. The fourth-order valence-corrected chi connectivity index (χ4v) is 2.68. The summed E-state index contributed by atoms with van der Waals surface area (Å²) < 4.78 is 35.8. The SMILES string of the molecule is FC(F)C1CC2OC2CC12COC2. The molecule has 13 heavy (non-hydrogen) atoms. The minimum Gasteiger partial charge on any atom is -0.380 e. The molecule has 3 atom stereocenters. The lowest BCUT2D eigenvalue weighted by Crippen LogP contribution is -2.53. The topological polar surface area (TPSA) is 21.8 Å². The molecule has 0 bridgehead atoms. The first-order valence-electron chi connectivity index (χ1n) is 4.73. The second-order valence-corrected chi connectivity index (χ2v) is 4.45. The Morgan fingerprint density at radius 1 is 1.23 bits per heavy atom. The van der Waals surface area contributed by atoms with Crippen molar-refractivity contribution < 1.29 is 18.3 Å². The van der Waals surface area contributed by atoms with E-state index in [1.807, 2.05) is 0 Å². The van der Waals surface area contributed by atoms with Gasteiger partial charge in [0.2, 0.25) is 6.43 Å². The zero-order valence-corrected chi connectivity index (χ0v) is 7.21. The molecule has 2 aliphatic heterocycles. The summed E-state index contributed by atoms with van der Waals surface area (Å²) in [7, 11) is 0. The van der Waals surface area contributed by atoms with Gasteiger partial charge in [0.05, 0.1) is 25.4 Å². The van der Waals surface area contributed by atoms with Crippen LogP contribution in [-0.2, 0) is 9.47 Å². The molecule has 4 heteroatoms. The van der Waals surface area contributed by atoms with E-state index in [4.69, 9.17) is 9.47 Å². The van der Waals surface area contributed by atoms with Crippen LogP contribution in [0.5, 0.6) is 0 Å². The summed E-state index contributed by atoms with van der Waals surface area (Å²) in [5.74, 6) is -0.495. The second-order valence-electron chi connectivity index (χ2n) is 4.45. The number of fused-ring (bicyclic) bond motifs is 1. The molecule has 1 spiro atoms. The third-order valence-electron chi connectivity index (χ3n) is 3.65. The number of halogens is 2. The van der Waals surface area contributed by atoms with Gasteiger partial charge in [0.15, 0.2) is 0 Å². The molecule has 3 unspecified atom stereocenters. The Balaban J connectivity index is 1.81. The van der Waals surface area contributed by atoms with Crippen LogP contribution in [0.25, 0.3) is 0 Å². The fourth-order valence-electron chi connectivity index (χ4n) is 2.68. The van der Waals surface area contributed by atoms with E-state index in [0.29, 0.717) is 19.6 Å². The molecule has 3 rings (SSSR count). The predicted molar refractivity (Wildman–Crippen MR) is 40.6 cm³/mol. The quantitative estimate of drug-likeness (QED) is 0.584. The molecule has 2 heterocycles. The van der Waals surface area contributed by atoms with Gasteiger partial charge in [-0.2, -0.15) is 0 Å². The van der Waals surface area contributed by atoms with Crippen molar-refractivity contribution in [3.05, 3.63) is 0 Å². The van der Waals surface area contributed by atoms with Crippen molar-refractivity contribution in [3.8, 4) is 0 Å². The Hall–Kier alpha value is -0.220. The van der Waals surface area contributed by atoms with Crippen LogP contribution < -0.4 is 0 Å². The lowest BCUT2D eigenvalue weighted by molar-refractivity contribution is -0.186. The van der Waals surface area contributed by atoms with E-state index in [1.165, 1.54) is 0 Å². The second kappa shape index (κ2) is 2.42. The molecule has 0 radical (unpaired) electrons. The Morgan fingerprint density at radius 2 is 2.00 bits per heavy atom. The Morgan fingerprint density at radius 3 is 2.54 bits per heavy atom. The van der Waals surface area contributed by atoms with Gasteiger partial charge in [0, 0.05) is 11.3 Å². The Kier molecular flexibility index (Phi) is 1.51. The summed E-state index contributed by atoms with van der Waals surface area (Å²) in [6.07, 6.45) is -0.503. The normalized spacial score (nSPS) is 45.9. The molecular weight excluding hydrogens is 178 g/mol. The van der Waals surface area contributed by atoms with Crippen LogP contribution in [0.4, 0.5) is 8.78 Å². The molecule has 0 aromatic heterocycles. The van der Waals surface area contributed by atoms with Crippen molar-refractivity contribution in [1.82, 2.24) is 0 Å². The maximum atomic E-state index is 12.7. The monoisotopic (exact) mass is 190 g/mol. The first-order chi connectivity index (χ1) is 6.21. The minimum atomic E-state index is -2.21. The largest absolute Gasteiger partial charge is 0.380 e. The minimum absolute atomic E-state index is 0.130. The van der Waals surface area contributed by atoms with Gasteiger partial charge in [-0.05, 0) is 12.8 Å². The van der Waals surface area contributed by atoms with Crippen molar-refractivity contribution in [2.45, 2.75) is 31.5 Å². The lowest BCUT2D eigenvalue weighted by atomic mass is 9.65. The van der Waals surface area contributed by atoms with Crippen LogP contribution in [0.1, 0.15) is 12.8 Å². The van der Waals surface area contributed by atoms with Gasteiger partial charge in [-0.1, -0.05) is 0 Å². The highest BCUT2D eigenvalue weighted by Gasteiger charge is 2.60. The van der Waals surface area contributed by atoms with Crippen molar-refractivity contribution in [1.29, 1.82) is 0 Å². The van der Waals surface area contributed by atoms with Crippen molar-refractivity contribution in [2.24, 2.45) is 11.3 Å². The van der Waals surface area contributed by atoms with E-state index in [2.05, 4.69) is 0 Å². The number of rotatable bonds is 1. The van der Waals surface area contributed by atoms with Gasteiger partial charge in [0.1, 0.15) is 0 Å². The van der Waals surface area contributed by atoms with Crippen molar-refractivity contribution >= 4 is 0 Å². The number of alkyl halides is 2. The number of ether oxygens (including phenoxy) is 2. The van der Waals surface area contributed by atoms with Crippen LogP contribution >= 0.6 is 0 Å². The summed E-state index contributed by atoms with van der Waals surface area (Å²) in [6.45, 7) is 1.02. The number of hydrogen-bond acceptors (Lipinski definition) is 2. The summed E-state index contributed by atoms with van der Waals surface area (Å²) in [6, 6.07) is 0. The summed E-state index contributed by atoms with van der Waals surface area (Å²) >= 11 is 0. The highest BCUT2D eigenvalue weighted by Crippen LogP contribution is 2.55. The molecule has 3 fully saturated rings. The molecule has 0 amide bonds. The maximum Gasteiger partial charge on any atom is 0.242 e. The molecule has 74 valence electrons. The Labute approximate surface area is 75.2 Å². The maximum absolute atomic E-state index is 12.7. The summed E-state index contributed by atoms with van der Waals surface area (Å²) in [5.41, 5.74) is -0.244. The van der Waals surface area contributed by atoms with E-state index >= 15 is 0 Å². The average Bonchev–Trinajstić information content (AvgIpc) is 2.75. The molecule has 3 aliphatic rings. The molecule has 0 N–H and O–H groups in total. The van der Waals surface area contributed by atoms with Crippen LogP contribution in [0.2, 0.25) is 0 Å². The number of hydrogen-bond donors (Lipinski definition) is 0. The van der Waals surface area contributed by atoms with Gasteiger partial charge in [-0.15, -0.1) is 0 Å². The van der Waals surface area contributed by atoms with Gasteiger partial charge >= 0.3 is 0 Å². The van der Waals surface area contributed by atoms with Crippen LogP contribution in [0.3, 0.4) is 0 Å². The predicted octanol–water partition coefficient (Wildman–Crippen LogP) is 1.45. The Bertz CT molecular complexity index is 228. The van der Waals surface area contributed by atoms with Gasteiger partial charge < -0.3 is 9.47 Å². The highest BCUT2D eigenvalue weighted by atomic mass is 19.3. The standard InChI is InChI=1S/C9H12F2O2/c10-8(11)5-1-6-7(13-6)2-9(5)3-12-4-9/h5-8H,1-4H2. The lowest BCUT2D eigenvalue weighted by Gasteiger charge is -2.48. The zero-order chi connectivity index (χ0) is 9.05. The summed E-state index contributed by atoms with van der Waals surface area (Å²) in [5, 5.41) is 0. The van der Waals surface area contributed by atoms with Crippen molar-refractivity contribution in [3.63, 3.8) is 0 Å². The van der Waals surface area contributed by atoms with Crippen LogP contribution in [0.15, 0.2) is 0 Å². The van der Waals surface area contributed by atoms with Gasteiger partial charge in [-0.25, -0.2) is 8.78 Å². The van der Waals surface area contributed by atoms with Gasteiger partial charge in [0.25, 0.3) is 0 Å². The van der Waals surface area contributed by atoms with E-state index < -0.39 is 12.3 Å². The molecule has 2 saturated heterocycles. The van der Waals surface area contributed by atoms with E-state index in [-0.39, 0.29) is 17.6 Å². The van der Waals surface area contributed by atoms with Gasteiger partial charge in [-0.3, -0.25) is 0 Å². The third kappa shape index (κ3) is 1.05. The van der Waals surface area contributed by atoms with E-state index in [0.717, 1.165) is 6.42 Å². The van der Waals surface area contributed by atoms with Crippen LogP contribution in [-0.4, -0.2) is 31.8 Å². The molecule has 0 aromatic carbocycles. The van der Waals surface area contributed by atoms with E-state index in [9.17, 15) is 8.78 Å². The smallest absolute Gasteiger partial charge is 0.242 e. The molecule has 2 nitrogen and oxygen atoms in total. The van der Waals surface area contributed by atoms with E-state index in [1.54, 1.807) is 0 Å². The number of epoxide rings is 1. The van der Waals surface area contributed by atoms with Crippen molar-refractivity contribution in [2.75, 3.05) is 13.2 Å². The molecule has 1 aliphatic carbocycles.